The maximum absolute atomic E-state index is 12.7. The van der Waals surface area contributed by atoms with Gasteiger partial charge in [0.2, 0.25) is 0 Å². The Kier molecular flexibility index (Phi) is 3.42. The van der Waals surface area contributed by atoms with E-state index in [9.17, 15) is 4.79 Å². The molecule has 0 aliphatic rings. The lowest BCUT2D eigenvalue weighted by Gasteiger charge is -2.05. The molecule has 5 heteroatoms. The summed E-state index contributed by atoms with van der Waals surface area (Å²) in [5, 5.41) is 10.3. The number of nitriles is 1. The van der Waals surface area contributed by atoms with Gasteiger partial charge in [0.15, 0.2) is 5.78 Å². The molecule has 0 saturated heterocycles. The van der Waals surface area contributed by atoms with Crippen LogP contribution in [0.3, 0.4) is 0 Å². The van der Waals surface area contributed by atoms with Gasteiger partial charge in [-0.15, -0.1) is 0 Å². The lowest BCUT2D eigenvalue weighted by atomic mass is 10.0. The van der Waals surface area contributed by atoms with E-state index in [1.807, 2.05) is 0 Å². The third-order valence-electron chi connectivity index (χ3n) is 3.25. The van der Waals surface area contributed by atoms with Crippen molar-refractivity contribution in [1.29, 1.82) is 5.26 Å². The van der Waals surface area contributed by atoms with E-state index >= 15 is 0 Å². The smallest absolute Gasteiger partial charge is 0.198 e. The second-order valence-corrected chi connectivity index (χ2v) is 5.31. The minimum atomic E-state index is -0.271. The van der Waals surface area contributed by atoms with Crippen LogP contribution < -0.4 is 0 Å². The molecule has 0 radical (unpaired) electrons. The van der Waals surface area contributed by atoms with Gasteiger partial charge in [-0.05, 0) is 30.3 Å². The molecule has 0 aliphatic heterocycles. The lowest BCUT2D eigenvalue weighted by molar-refractivity contribution is 0.104. The Morgan fingerprint density at radius 2 is 1.86 bits per heavy atom. The standard InChI is InChI=1S/C16H8Cl2N2O/c17-12-2-1-3-13(18)15(12)16(21)11-8-20-14-5-4-9(7-19)6-10(11)14/h1-6,8,20H. The highest BCUT2D eigenvalue weighted by molar-refractivity contribution is 6.41. The van der Waals surface area contributed by atoms with Crippen LogP contribution in [0, 0.1) is 11.3 Å². The number of nitrogens with one attached hydrogen (secondary N) is 1. The van der Waals surface area contributed by atoms with Crippen molar-refractivity contribution >= 4 is 39.9 Å². The van der Waals surface area contributed by atoms with Crippen molar-refractivity contribution in [1.82, 2.24) is 4.98 Å². The molecule has 1 aromatic heterocycles. The normalized spacial score (nSPS) is 10.5. The number of halogens is 2. The first-order valence-corrected chi connectivity index (χ1v) is 6.87. The number of rotatable bonds is 2. The van der Waals surface area contributed by atoms with Crippen molar-refractivity contribution in [2.75, 3.05) is 0 Å². The summed E-state index contributed by atoms with van der Waals surface area (Å²) in [6.45, 7) is 0. The van der Waals surface area contributed by atoms with Gasteiger partial charge in [-0.3, -0.25) is 4.79 Å². The maximum Gasteiger partial charge on any atom is 0.198 e. The van der Waals surface area contributed by atoms with E-state index in [1.165, 1.54) is 0 Å². The van der Waals surface area contributed by atoms with Crippen molar-refractivity contribution in [3.63, 3.8) is 0 Å². The first-order chi connectivity index (χ1) is 10.1. The van der Waals surface area contributed by atoms with Crippen LogP contribution in [0.1, 0.15) is 21.5 Å². The Labute approximate surface area is 130 Å². The van der Waals surface area contributed by atoms with Crippen LogP contribution in [0.15, 0.2) is 42.6 Å². The van der Waals surface area contributed by atoms with Crippen LogP contribution in [0.2, 0.25) is 10.0 Å². The molecule has 102 valence electrons. The Morgan fingerprint density at radius 3 is 2.52 bits per heavy atom. The number of hydrogen-bond acceptors (Lipinski definition) is 2. The number of H-pyrrole nitrogens is 1. The quantitative estimate of drug-likeness (QED) is 0.704. The van der Waals surface area contributed by atoms with Gasteiger partial charge in [0.05, 0.1) is 27.2 Å². The number of carbonyl (C=O) groups excluding carboxylic acids is 1. The topological polar surface area (TPSA) is 56.6 Å². The van der Waals surface area contributed by atoms with Gasteiger partial charge in [-0.2, -0.15) is 5.26 Å². The average molecular weight is 315 g/mol. The third-order valence-corrected chi connectivity index (χ3v) is 3.88. The van der Waals surface area contributed by atoms with Crippen molar-refractivity contribution in [2.24, 2.45) is 0 Å². The van der Waals surface area contributed by atoms with E-state index in [-0.39, 0.29) is 11.3 Å². The predicted octanol–water partition coefficient (Wildman–Crippen LogP) is 4.58. The fraction of sp³-hybridized carbons (Fsp3) is 0. The number of fused-ring (bicyclic) bond motifs is 1. The molecule has 3 nitrogen and oxygen atoms in total. The zero-order valence-electron chi connectivity index (χ0n) is 10.7. The highest BCUT2D eigenvalue weighted by atomic mass is 35.5. The molecule has 3 aromatic rings. The fourth-order valence-corrected chi connectivity index (χ4v) is 2.80. The molecule has 3 rings (SSSR count). The maximum atomic E-state index is 12.7. The summed E-state index contributed by atoms with van der Waals surface area (Å²) < 4.78 is 0. The molecule has 1 N–H and O–H groups in total. The molecule has 21 heavy (non-hydrogen) atoms. The highest BCUT2D eigenvalue weighted by Gasteiger charge is 2.19. The molecule has 1 heterocycles. The van der Waals surface area contributed by atoms with Gasteiger partial charge in [0.1, 0.15) is 0 Å². The molecule has 2 aromatic carbocycles. The molecule has 0 atom stereocenters. The second-order valence-electron chi connectivity index (χ2n) is 4.50. The number of aromatic nitrogens is 1. The van der Waals surface area contributed by atoms with Gasteiger partial charge in [0.25, 0.3) is 0 Å². The SMILES string of the molecule is N#Cc1ccc2[nH]cc(C(=O)c3c(Cl)cccc3Cl)c2c1. The van der Waals surface area contributed by atoms with Crippen LogP contribution in [-0.2, 0) is 0 Å². The fourth-order valence-electron chi connectivity index (χ4n) is 2.23. The van der Waals surface area contributed by atoms with Gasteiger partial charge in [-0.1, -0.05) is 29.3 Å². The number of hydrogen-bond donors (Lipinski definition) is 1. The van der Waals surface area contributed by atoms with Crippen LogP contribution in [0.25, 0.3) is 10.9 Å². The number of benzene rings is 2. The van der Waals surface area contributed by atoms with Crippen molar-refractivity contribution in [3.05, 3.63) is 69.3 Å². The van der Waals surface area contributed by atoms with Crippen LogP contribution in [0.4, 0.5) is 0 Å². The number of nitrogens with zero attached hydrogens (tertiary/aromatic N) is 1. The van der Waals surface area contributed by atoms with Crippen molar-refractivity contribution < 1.29 is 4.79 Å². The lowest BCUT2D eigenvalue weighted by Crippen LogP contribution is -2.02. The van der Waals surface area contributed by atoms with E-state index < -0.39 is 0 Å². The second kappa shape index (κ2) is 5.25. The Bertz CT molecular complexity index is 886. The molecule has 0 aliphatic carbocycles. The molecular formula is C16H8Cl2N2O. The summed E-state index contributed by atoms with van der Waals surface area (Å²) in [4.78, 5) is 15.7. The molecule has 0 amide bonds. The Morgan fingerprint density at radius 1 is 1.14 bits per heavy atom. The minimum Gasteiger partial charge on any atom is -0.360 e. The Balaban J connectivity index is 2.21. The van der Waals surface area contributed by atoms with E-state index in [0.29, 0.717) is 26.6 Å². The van der Waals surface area contributed by atoms with E-state index in [1.54, 1.807) is 42.6 Å². The average Bonchev–Trinajstić information content (AvgIpc) is 2.89. The van der Waals surface area contributed by atoms with Gasteiger partial charge in [0, 0.05) is 22.7 Å². The van der Waals surface area contributed by atoms with Crippen LogP contribution in [-0.4, -0.2) is 10.8 Å². The summed E-state index contributed by atoms with van der Waals surface area (Å²) in [6, 6.07) is 12.1. The number of aromatic amines is 1. The zero-order valence-corrected chi connectivity index (χ0v) is 12.2. The largest absolute Gasteiger partial charge is 0.360 e. The molecule has 0 bridgehead atoms. The first kappa shape index (κ1) is 13.7. The summed E-state index contributed by atoms with van der Waals surface area (Å²) >= 11 is 12.2. The number of carbonyl (C=O) groups is 1. The van der Waals surface area contributed by atoms with Crippen molar-refractivity contribution in [3.8, 4) is 6.07 Å². The molecule has 0 spiro atoms. The van der Waals surface area contributed by atoms with Crippen molar-refractivity contribution in [2.45, 2.75) is 0 Å². The number of ketones is 1. The Hall–Kier alpha value is -2.28. The highest BCUT2D eigenvalue weighted by Crippen LogP contribution is 2.29. The molecule has 0 saturated carbocycles. The van der Waals surface area contributed by atoms with E-state index in [2.05, 4.69) is 11.1 Å². The summed E-state index contributed by atoms with van der Waals surface area (Å²) in [5.41, 5.74) is 1.98. The first-order valence-electron chi connectivity index (χ1n) is 6.12. The monoisotopic (exact) mass is 314 g/mol. The summed E-state index contributed by atoms with van der Waals surface area (Å²) in [6.07, 6.45) is 1.60. The van der Waals surface area contributed by atoms with Crippen LogP contribution >= 0.6 is 23.2 Å². The van der Waals surface area contributed by atoms with Gasteiger partial charge in [-0.25, -0.2) is 0 Å². The summed E-state index contributed by atoms with van der Waals surface area (Å²) in [5.74, 6) is -0.271. The molecule has 0 fully saturated rings. The molecule has 0 unspecified atom stereocenters. The van der Waals surface area contributed by atoms with Gasteiger partial charge >= 0.3 is 0 Å². The molecular weight excluding hydrogens is 307 g/mol. The van der Waals surface area contributed by atoms with E-state index in [0.717, 1.165) is 5.52 Å². The van der Waals surface area contributed by atoms with Gasteiger partial charge < -0.3 is 4.98 Å². The zero-order chi connectivity index (χ0) is 15.0. The third kappa shape index (κ3) is 2.29. The summed E-state index contributed by atoms with van der Waals surface area (Å²) in [7, 11) is 0. The minimum absolute atomic E-state index is 0.268. The van der Waals surface area contributed by atoms with Crippen LogP contribution in [0.5, 0.6) is 0 Å². The van der Waals surface area contributed by atoms with E-state index in [4.69, 9.17) is 28.5 Å². The predicted molar refractivity (Wildman–Crippen MR) is 82.9 cm³/mol.